The minimum absolute atomic E-state index is 0.166. The first-order chi connectivity index (χ1) is 21.7. The molecule has 4 rings (SSSR count). The number of rotatable bonds is 10. The summed E-state index contributed by atoms with van der Waals surface area (Å²) in [7, 11) is 8.75. The normalized spacial score (nSPS) is 9.69. The van der Waals surface area contributed by atoms with Crippen molar-refractivity contribution in [3.05, 3.63) is 100 Å². The zero-order valence-electron chi connectivity index (χ0n) is 26.0. The van der Waals surface area contributed by atoms with Crippen LogP contribution in [-0.4, -0.2) is 64.6 Å². The summed E-state index contributed by atoms with van der Waals surface area (Å²) in [6.07, 6.45) is 0. The Bertz CT molecular complexity index is 1480. The Labute approximate surface area is 267 Å². The lowest BCUT2D eigenvalue weighted by molar-refractivity contribution is 0.0587. The third-order valence-corrected chi connectivity index (χ3v) is 6.12. The number of halogens is 1. The predicted molar refractivity (Wildman–Crippen MR) is 170 cm³/mol. The molecule has 3 N–H and O–H groups in total. The van der Waals surface area contributed by atoms with Gasteiger partial charge in [-0.25, -0.2) is 14.6 Å². The molecule has 13 heteroatoms. The van der Waals surface area contributed by atoms with Crippen molar-refractivity contribution in [1.29, 1.82) is 0 Å². The number of methoxy groups -OCH3 is 6. The predicted octanol–water partition coefficient (Wildman–Crippen LogP) is 5.18. The van der Waals surface area contributed by atoms with Crippen LogP contribution in [0.1, 0.15) is 31.8 Å². The van der Waals surface area contributed by atoms with E-state index in [2.05, 4.69) is 24.8 Å². The number of aromatic nitrogens is 2. The number of carbonyl (C=O) groups excluding carboxylic acids is 2. The molecule has 0 fully saturated rings. The second-order valence-electron chi connectivity index (χ2n) is 8.68. The second kappa shape index (κ2) is 19.3. The molecule has 0 saturated carbocycles. The van der Waals surface area contributed by atoms with Crippen molar-refractivity contribution in [3.63, 3.8) is 0 Å². The van der Waals surface area contributed by atoms with Gasteiger partial charge in [-0.3, -0.25) is 0 Å². The molecule has 0 aliphatic carbocycles. The molecule has 0 aliphatic heterocycles. The van der Waals surface area contributed by atoms with Gasteiger partial charge in [-0.15, -0.1) is 0 Å². The van der Waals surface area contributed by atoms with Crippen LogP contribution in [0, 0.1) is 0 Å². The Morgan fingerprint density at radius 1 is 0.644 bits per heavy atom. The van der Waals surface area contributed by atoms with Gasteiger partial charge in [0.2, 0.25) is 11.8 Å². The summed E-state index contributed by atoms with van der Waals surface area (Å²) in [4.78, 5) is 30.7. The number of nitrogens with one attached hydrogen (secondary N) is 1. The van der Waals surface area contributed by atoms with Crippen molar-refractivity contribution in [2.24, 2.45) is 5.73 Å². The quantitative estimate of drug-likeness (QED) is 0.173. The van der Waals surface area contributed by atoms with Gasteiger partial charge in [0, 0.05) is 13.1 Å². The highest BCUT2D eigenvalue weighted by Crippen LogP contribution is 2.21. The first kappa shape index (κ1) is 36.1. The van der Waals surface area contributed by atoms with Crippen LogP contribution in [0.25, 0.3) is 0 Å². The van der Waals surface area contributed by atoms with E-state index in [0.29, 0.717) is 24.5 Å². The van der Waals surface area contributed by atoms with Crippen LogP contribution < -0.4 is 30.0 Å². The van der Waals surface area contributed by atoms with E-state index in [1.165, 1.54) is 40.6 Å². The third-order valence-electron chi connectivity index (χ3n) is 5.91. The molecule has 240 valence electrons. The molecule has 4 aromatic rings. The van der Waals surface area contributed by atoms with Gasteiger partial charge in [-0.2, -0.15) is 4.98 Å². The lowest BCUT2D eigenvalue weighted by Gasteiger charge is -2.10. The molecular weight excluding hydrogens is 604 g/mol. The molecular formula is C32H37ClN4O8. The number of ether oxygens (including phenoxy) is 6. The van der Waals surface area contributed by atoms with Crippen LogP contribution in [0.15, 0.2) is 72.8 Å². The number of hydrogen-bond acceptors (Lipinski definition) is 12. The van der Waals surface area contributed by atoms with E-state index < -0.39 is 11.9 Å². The van der Waals surface area contributed by atoms with Crippen LogP contribution in [0.2, 0.25) is 5.15 Å². The van der Waals surface area contributed by atoms with E-state index in [1.54, 1.807) is 26.4 Å². The van der Waals surface area contributed by atoms with Crippen molar-refractivity contribution < 1.29 is 38.0 Å². The van der Waals surface area contributed by atoms with E-state index >= 15 is 0 Å². The molecule has 2 aromatic heterocycles. The van der Waals surface area contributed by atoms with E-state index in [0.717, 1.165) is 22.6 Å². The zero-order chi connectivity index (χ0) is 33.2. The lowest BCUT2D eigenvalue weighted by atomic mass is 10.2. The zero-order valence-corrected chi connectivity index (χ0v) is 26.7. The molecule has 45 heavy (non-hydrogen) atoms. The summed E-state index contributed by atoms with van der Waals surface area (Å²) < 4.78 is 29.3. The first-order valence-corrected chi connectivity index (χ1v) is 13.7. The van der Waals surface area contributed by atoms with Gasteiger partial charge in [0.15, 0.2) is 0 Å². The van der Waals surface area contributed by atoms with E-state index in [1.807, 2.05) is 48.5 Å². The first-order valence-electron chi connectivity index (χ1n) is 13.3. The van der Waals surface area contributed by atoms with Crippen LogP contribution in [0.5, 0.6) is 23.3 Å². The number of nitrogens with zero attached hydrogens (tertiary/aromatic N) is 2. The van der Waals surface area contributed by atoms with E-state index in [-0.39, 0.29) is 22.5 Å². The van der Waals surface area contributed by atoms with Gasteiger partial charge >= 0.3 is 11.9 Å². The number of anilines is 1. The molecule has 0 radical (unpaired) electrons. The van der Waals surface area contributed by atoms with Gasteiger partial charge < -0.3 is 39.5 Å². The highest BCUT2D eigenvalue weighted by Gasteiger charge is 2.15. The topological polar surface area (TPSA) is 153 Å². The van der Waals surface area contributed by atoms with Gasteiger partial charge in [0.05, 0.1) is 42.7 Å². The minimum Gasteiger partial charge on any atom is -0.497 e. The molecule has 0 bridgehead atoms. The molecule has 0 spiro atoms. The van der Waals surface area contributed by atoms with Crippen LogP contribution in [0.3, 0.4) is 0 Å². The number of esters is 2. The number of carbonyl (C=O) groups is 2. The molecule has 2 aromatic carbocycles. The summed E-state index contributed by atoms with van der Waals surface area (Å²) in [6, 6.07) is 21.8. The average molecular weight is 641 g/mol. The van der Waals surface area contributed by atoms with Crippen LogP contribution in [0.4, 0.5) is 5.82 Å². The van der Waals surface area contributed by atoms with Gasteiger partial charge in [-0.05, 0) is 59.7 Å². The average Bonchev–Trinajstić information content (AvgIpc) is 3.10. The Hall–Kier alpha value is -5.07. The molecule has 0 unspecified atom stereocenters. The van der Waals surface area contributed by atoms with Crippen LogP contribution >= 0.6 is 11.6 Å². The largest absolute Gasteiger partial charge is 0.497 e. The van der Waals surface area contributed by atoms with Crippen LogP contribution in [-0.2, 0) is 22.6 Å². The van der Waals surface area contributed by atoms with Gasteiger partial charge in [0.25, 0.3) is 0 Å². The van der Waals surface area contributed by atoms with Crippen molar-refractivity contribution >= 4 is 29.4 Å². The maximum Gasteiger partial charge on any atom is 0.343 e. The summed E-state index contributed by atoms with van der Waals surface area (Å²) in [5, 5.41) is 3.44. The van der Waals surface area contributed by atoms with E-state index in [4.69, 9.17) is 36.3 Å². The molecule has 0 aliphatic rings. The summed E-state index contributed by atoms with van der Waals surface area (Å²) in [5.74, 6) is 1.71. The molecule has 0 saturated heterocycles. The van der Waals surface area contributed by atoms with Crippen molar-refractivity contribution in [1.82, 2.24) is 9.97 Å². The number of benzene rings is 2. The van der Waals surface area contributed by atoms with Crippen molar-refractivity contribution in [2.75, 3.05) is 48.0 Å². The monoisotopic (exact) mass is 640 g/mol. The Morgan fingerprint density at radius 3 is 1.56 bits per heavy atom. The Morgan fingerprint density at radius 2 is 1.11 bits per heavy atom. The van der Waals surface area contributed by atoms with E-state index in [9.17, 15) is 9.59 Å². The number of hydrogen-bond donors (Lipinski definition) is 2. The standard InChI is InChI=1S/C16H18N2O4.C8H8ClNO3.C8H11NO/c1-20-12-6-4-11(5-7-12)10-17-14-9-8-13(16(19)22-3)15(18-14)21-2;1-12-7-5(8(11)13-2)3-4-6(9)10-7;1-10-8-4-2-7(6-9)3-5-8/h4-9H,10H2,1-3H3,(H,17,18);3-4H,1-2H3;2-5H,6,9H2,1H3. The Balaban J connectivity index is 0.000000259. The fraction of sp³-hybridized carbons (Fsp3) is 0.250. The third kappa shape index (κ3) is 11.5. The Kier molecular flexibility index (Phi) is 15.5. The summed E-state index contributed by atoms with van der Waals surface area (Å²) in [5.41, 5.74) is 8.16. The summed E-state index contributed by atoms with van der Waals surface area (Å²) in [6.45, 7) is 1.18. The molecule has 0 atom stereocenters. The van der Waals surface area contributed by atoms with Crippen molar-refractivity contribution in [2.45, 2.75) is 13.1 Å². The number of nitrogens with two attached hydrogens (primary N) is 1. The van der Waals surface area contributed by atoms with Gasteiger partial charge in [0.1, 0.15) is 33.6 Å². The van der Waals surface area contributed by atoms with Gasteiger partial charge in [-0.1, -0.05) is 35.9 Å². The minimum atomic E-state index is -0.499. The molecule has 2 heterocycles. The lowest BCUT2D eigenvalue weighted by Crippen LogP contribution is -2.08. The number of pyridine rings is 2. The SMILES string of the molecule is COC(=O)c1ccc(Cl)nc1OC.COC(=O)c1ccc(NCc2ccc(OC)cc2)nc1OC.COc1ccc(CN)cc1. The highest BCUT2D eigenvalue weighted by molar-refractivity contribution is 6.29. The maximum absolute atomic E-state index is 11.6. The smallest absolute Gasteiger partial charge is 0.343 e. The summed E-state index contributed by atoms with van der Waals surface area (Å²) >= 11 is 5.60. The maximum atomic E-state index is 11.6. The molecule has 12 nitrogen and oxygen atoms in total. The highest BCUT2D eigenvalue weighted by atomic mass is 35.5. The molecule has 0 amide bonds. The fourth-order valence-corrected chi connectivity index (χ4v) is 3.64. The van der Waals surface area contributed by atoms with Crippen molar-refractivity contribution in [3.8, 4) is 23.3 Å². The fourth-order valence-electron chi connectivity index (χ4n) is 3.50. The second-order valence-corrected chi connectivity index (χ2v) is 9.07.